The first-order valence-corrected chi connectivity index (χ1v) is 11.2. The van der Waals surface area contributed by atoms with Crippen LogP contribution in [0.3, 0.4) is 0 Å². The molecule has 2 aliphatic heterocycles. The molecule has 0 radical (unpaired) electrons. The summed E-state index contributed by atoms with van der Waals surface area (Å²) in [6.07, 6.45) is 4.58. The van der Waals surface area contributed by atoms with Crippen LogP contribution in [-0.4, -0.2) is 65.8 Å². The molecule has 5 heteroatoms. The maximum Gasteiger partial charge on any atom is 0.261 e. The van der Waals surface area contributed by atoms with Crippen LogP contribution < -0.4 is 0 Å². The van der Waals surface area contributed by atoms with Gasteiger partial charge in [-0.2, -0.15) is 0 Å². The normalized spacial score (nSPS) is 22.3. The third-order valence-corrected chi connectivity index (χ3v) is 6.92. The minimum atomic E-state index is -0.142. The van der Waals surface area contributed by atoms with Crippen LogP contribution in [0.25, 0.3) is 0 Å². The van der Waals surface area contributed by atoms with Gasteiger partial charge in [0.1, 0.15) is 0 Å². The predicted molar refractivity (Wildman–Crippen MR) is 117 cm³/mol. The van der Waals surface area contributed by atoms with Gasteiger partial charge in [0.2, 0.25) is 0 Å². The predicted octanol–water partition coefficient (Wildman–Crippen LogP) is 3.37. The molecular weight excluding hydrogens is 374 g/mol. The number of fused-ring (bicyclic) bond motifs is 2. The Morgan fingerprint density at radius 3 is 2.20 bits per heavy atom. The fourth-order valence-electron chi connectivity index (χ4n) is 5.30. The molecule has 0 aromatic heterocycles. The summed E-state index contributed by atoms with van der Waals surface area (Å²) in [6, 6.07) is 16.6. The molecule has 2 aromatic rings. The Kier molecular flexibility index (Phi) is 5.40. The first kappa shape index (κ1) is 19.5. The fraction of sp³-hybridized carbons (Fsp3) is 0.440. The van der Waals surface area contributed by atoms with Crippen LogP contribution >= 0.6 is 0 Å². The number of imide groups is 1. The third kappa shape index (κ3) is 3.57. The summed E-state index contributed by atoms with van der Waals surface area (Å²) in [4.78, 5) is 31.5. The van der Waals surface area contributed by atoms with Crippen molar-refractivity contribution in [2.75, 3.05) is 39.3 Å². The van der Waals surface area contributed by atoms with Crippen LogP contribution in [0.4, 0.5) is 0 Å². The molecule has 156 valence electrons. The van der Waals surface area contributed by atoms with E-state index in [1.165, 1.54) is 35.3 Å². The van der Waals surface area contributed by atoms with Gasteiger partial charge in [0, 0.05) is 38.8 Å². The monoisotopic (exact) mass is 403 g/mol. The molecule has 5 nitrogen and oxygen atoms in total. The molecule has 1 atom stereocenters. The summed E-state index contributed by atoms with van der Waals surface area (Å²) in [5.41, 5.74) is 4.15. The first-order chi connectivity index (χ1) is 14.7. The van der Waals surface area contributed by atoms with E-state index in [2.05, 4.69) is 34.1 Å². The standard InChI is InChI=1S/C25H29N3O2/c29-24-21-10-3-4-11-22(21)25(30)28(24)14-6-13-26-15-17-27(18-16-26)23-12-5-8-19-7-1-2-9-20(19)23/h1-4,7,9-11,23H,5-6,8,12-18H2. The van der Waals surface area contributed by atoms with E-state index in [9.17, 15) is 9.59 Å². The van der Waals surface area contributed by atoms with Crippen molar-refractivity contribution >= 4 is 11.8 Å². The molecule has 30 heavy (non-hydrogen) atoms. The van der Waals surface area contributed by atoms with Crippen molar-refractivity contribution in [2.45, 2.75) is 31.7 Å². The van der Waals surface area contributed by atoms with Gasteiger partial charge in [-0.05, 0) is 55.5 Å². The smallest absolute Gasteiger partial charge is 0.261 e. The highest BCUT2D eigenvalue weighted by molar-refractivity contribution is 6.21. The van der Waals surface area contributed by atoms with Gasteiger partial charge in [0.25, 0.3) is 11.8 Å². The van der Waals surface area contributed by atoms with E-state index in [4.69, 9.17) is 0 Å². The number of amides is 2. The van der Waals surface area contributed by atoms with Gasteiger partial charge in [-0.15, -0.1) is 0 Å². The molecule has 1 aliphatic carbocycles. The Balaban J connectivity index is 1.11. The highest BCUT2D eigenvalue weighted by Crippen LogP contribution is 2.34. The lowest BCUT2D eigenvalue weighted by Crippen LogP contribution is -2.48. The van der Waals surface area contributed by atoms with E-state index < -0.39 is 0 Å². The molecule has 2 aromatic carbocycles. The van der Waals surface area contributed by atoms with E-state index >= 15 is 0 Å². The lowest BCUT2D eigenvalue weighted by molar-refractivity contribution is 0.0628. The molecule has 2 amide bonds. The van der Waals surface area contributed by atoms with Gasteiger partial charge in [0.15, 0.2) is 0 Å². The van der Waals surface area contributed by atoms with Gasteiger partial charge in [-0.25, -0.2) is 0 Å². The van der Waals surface area contributed by atoms with E-state index in [1.54, 1.807) is 12.1 Å². The Morgan fingerprint density at radius 1 is 0.800 bits per heavy atom. The van der Waals surface area contributed by atoms with Crippen LogP contribution in [0.1, 0.15) is 57.1 Å². The van der Waals surface area contributed by atoms with Gasteiger partial charge in [-0.1, -0.05) is 36.4 Å². The van der Waals surface area contributed by atoms with Crippen LogP contribution in [0.5, 0.6) is 0 Å². The second kappa shape index (κ2) is 8.32. The van der Waals surface area contributed by atoms with E-state index in [0.29, 0.717) is 23.7 Å². The summed E-state index contributed by atoms with van der Waals surface area (Å²) < 4.78 is 0. The molecule has 3 aliphatic rings. The quantitative estimate of drug-likeness (QED) is 0.718. The molecule has 1 saturated heterocycles. The zero-order valence-corrected chi connectivity index (χ0v) is 17.4. The van der Waals surface area contributed by atoms with Crippen LogP contribution in [0.2, 0.25) is 0 Å². The second-order valence-electron chi connectivity index (χ2n) is 8.65. The lowest BCUT2D eigenvalue weighted by Gasteiger charge is -2.41. The number of aryl methyl sites for hydroxylation is 1. The van der Waals surface area contributed by atoms with Gasteiger partial charge in [-0.3, -0.25) is 19.4 Å². The third-order valence-electron chi connectivity index (χ3n) is 6.92. The average molecular weight is 404 g/mol. The Bertz CT molecular complexity index is 914. The zero-order chi connectivity index (χ0) is 20.5. The first-order valence-electron chi connectivity index (χ1n) is 11.2. The molecule has 1 fully saturated rings. The fourth-order valence-corrected chi connectivity index (χ4v) is 5.30. The maximum absolute atomic E-state index is 12.5. The number of hydrogen-bond donors (Lipinski definition) is 0. The number of hydrogen-bond acceptors (Lipinski definition) is 4. The molecule has 0 N–H and O–H groups in total. The number of benzene rings is 2. The van der Waals surface area contributed by atoms with Crippen molar-refractivity contribution in [3.05, 3.63) is 70.8 Å². The van der Waals surface area contributed by atoms with Crippen molar-refractivity contribution in [3.63, 3.8) is 0 Å². The topological polar surface area (TPSA) is 43.9 Å². The molecule has 0 spiro atoms. The van der Waals surface area contributed by atoms with Crippen molar-refractivity contribution in [3.8, 4) is 0 Å². The van der Waals surface area contributed by atoms with Gasteiger partial charge in [0.05, 0.1) is 11.1 Å². The Labute approximate surface area is 178 Å². The molecule has 2 heterocycles. The summed E-state index contributed by atoms with van der Waals surface area (Å²) >= 11 is 0. The molecular formula is C25H29N3O2. The van der Waals surface area contributed by atoms with Crippen LogP contribution in [-0.2, 0) is 6.42 Å². The van der Waals surface area contributed by atoms with Crippen LogP contribution in [0, 0.1) is 0 Å². The summed E-state index contributed by atoms with van der Waals surface area (Å²) in [6.45, 7) is 5.73. The zero-order valence-electron chi connectivity index (χ0n) is 17.4. The van der Waals surface area contributed by atoms with E-state index in [0.717, 1.165) is 39.1 Å². The van der Waals surface area contributed by atoms with Crippen molar-refractivity contribution < 1.29 is 9.59 Å². The summed E-state index contributed by atoms with van der Waals surface area (Å²) in [5.74, 6) is -0.284. The van der Waals surface area contributed by atoms with Crippen molar-refractivity contribution in [2.24, 2.45) is 0 Å². The molecule has 0 bridgehead atoms. The molecule has 0 saturated carbocycles. The largest absolute Gasteiger partial charge is 0.301 e. The highest BCUT2D eigenvalue weighted by atomic mass is 16.2. The van der Waals surface area contributed by atoms with E-state index in [1.807, 2.05) is 12.1 Å². The molecule has 5 rings (SSSR count). The maximum atomic E-state index is 12.5. The summed E-state index contributed by atoms with van der Waals surface area (Å²) in [7, 11) is 0. The van der Waals surface area contributed by atoms with Gasteiger partial charge >= 0.3 is 0 Å². The Hall–Kier alpha value is -2.50. The molecule has 1 unspecified atom stereocenters. The number of carbonyl (C=O) groups excluding carboxylic acids is 2. The number of rotatable bonds is 5. The SMILES string of the molecule is O=C1c2ccccc2C(=O)N1CCCN1CCN(C2CCCc3ccccc32)CC1. The van der Waals surface area contributed by atoms with Crippen LogP contribution in [0.15, 0.2) is 48.5 Å². The van der Waals surface area contributed by atoms with Gasteiger partial charge < -0.3 is 4.90 Å². The number of piperazine rings is 1. The Morgan fingerprint density at radius 2 is 1.47 bits per heavy atom. The average Bonchev–Trinajstić information content (AvgIpc) is 3.04. The van der Waals surface area contributed by atoms with Crippen molar-refractivity contribution in [1.29, 1.82) is 0 Å². The van der Waals surface area contributed by atoms with Crippen molar-refractivity contribution in [1.82, 2.24) is 14.7 Å². The second-order valence-corrected chi connectivity index (χ2v) is 8.65. The number of nitrogens with zero attached hydrogens (tertiary/aromatic N) is 3. The lowest BCUT2D eigenvalue weighted by atomic mass is 9.86. The summed E-state index contributed by atoms with van der Waals surface area (Å²) in [5, 5.41) is 0. The number of carbonyl (C=O) groups is 2. The minimum Gasteiger partial charge on any atom is -0.301 e. The van der Waals surface area contributed by atoms with E-state index in [-0.39, 0.29) is 11.8 Å². The minimum absolute atomic E-state index is 0.142. The highest BCUT2D eigenvalue weighted by Gasteiger charge is 2.35.